The molecule has 0 aliphatic carbocycles. The summed E-state index contributed by atoms with van der Waals surface area (Å²) < 4.78 is 171. The molecule has 3 heterocycles. The van der Waals surface area contributed by atoms with Crippen LogP contribution in [0.3, 0.4) is 0 Å². The third-order valence-corrected chi connectivity index (χ3v) is 25.0. The first-order valence-electron chi connectivity index (χ1n) is 37.7. The van der Waals surface area contributed by atoms with Gasteiger partial charge >= 0.3 is 55.0 Å². The summed E-state index contributed by atoms with van der Waals surface area (Å²) in [5.74, 6) is -7.17. The quantitative estimate of drug-likeness (QED) is 0.0167. The van der Waals surface area contributed by atoms with Crippen LogP contribution in [0.4, 0.5) is 45.0 Å². The summed E-state index contributed by atoms with van der Waals surface area (Å²) in [4.78, 5) is 108. The number of hydrogen-bond acceptors (Lipinski definition) is 30. The maximum absolute atomic E-state index is 15.5. The van der Waals surface area contributed by atoms with Crippen LogP contribution in [0.15, 0.2) is 138 Å². The standard InChI is InChI=1S/C28H30Cl2FN3O8S2.C27H28Cl2FN3O8S2.C26H28Cl2FN3O7S2.CH4.Li.H2O/c1-17(35)33(14-26(36)40-5)10-6-7-18-11-19(29)8-9-22(18)41-23-13-21(31)24(12-20(23)30)44(38,39)34(25-15-43-16-32-25)27(37)42-28(2,3)4;1-16(34)32(13-25(35)36)9-5-6-17-10-18(28)7-8-21(17)40-22-12-20(30)23(11-19(22)29)43(38,39)33(24-14-42-15-31-24)26(37)41-27(2,3)4;1-26(2,3)39-25(34)32(23-14-40-15-31-23)41(35,36)22-11-18(28)21(12-19(22)29)38-20-8-7-17(27)10-16(20)6-5-9-30-13-24(33)37-4;;;/h8-9,11-13,15-16H,6-7,10,14H2,1-5H3;7-8,10-12,14-15H,5-6,9,13H2,1-4H3,(H,35,36);7-8,10-12,14-15,30H,5-6,9,13H2,1-4H3;1H4;;1H2/q;;;;+1;/p-1. The van der Waals surface area contributed by atoms with Gasteiger partial charge in [-0.25, -0.2) is 67.8 Å². The fourth-order valence-electron chi connectivity index (χ4n) is 11.0. The predicted molar refractivity (Wildman–Crippen MR) is 486 cm³/mol. The predicted octanol–water partition coefficient (Wildman–Crippen LogP) is 16.5. The van der Waals surface area contributed by atoms with Gasteiger partial charge in [0, 0.05) is 76.3 Å². The molecule has 5 amide bonds. The number of aromatic nitrogens is 3. The van der Waals surface area contributed by atoms with Gasteiger partial charge in [0.05, 0.1) is 52.4 Å². The van der Waals surface area contributed by atoms with E-state index < -0.39 is 122 Å². The molecule has 131 heavy (non-hydrogen) atoms. The van der Waals surface area contributed by atoms with Gasteiger partial charge in [0.1, 0.15) is 96.5 Å². The minimum Gasteiger partial charge on any atom is -0.870 e. The number of methoxy groups -OCH3 is 2. The van der Waals surface area contributed by atoms with E-state index in [2.05, 4.69) is 29.7 Å². The van der Waals surface area contributed by atoms with E-state index in [4.69, 9.17) is 103 Å². The second-order valence-electron chi connectivity index (χ2n) is 29.9. The number of ether oxygens (including phenoxy) is 8. The molecule has 0 aliphatic rings. The molecule has 33 nitrogen and oxygen atoms in total. The number of halogens is 9. The van der Waals surface area contributed by atoms with E-state index in [9.17, 15) is 63.6 Å². The molecule has 3 N–H and O–H groups in total. The largest absolute Gasteiger partial charge is 1.00 e. The molecule has 0 saturated heterocycles. The minimum absolute atomic E-state index is 0. The molecule has 9 rings (SSSR count). The molecule has 0 radical (unpaired) electrons. The third-order valence-electron chi connectivity index (χ3n) is 16.6. The Morgan fingerprint density at radius 2 is 0.733 bits per heavy atom. The average molecular weight is 2060 g/mol. The fraction of sp³-hybridized carbons (Fsp3) is 0.354. The smallest absolute Gasteiger partial charge is 0.870 e. The van der Waals surface area contributed by atoms with Crippen molar-refractivity contribution in [3.63, 3.8) is 0 Å². The van der Waals surface area contributed by atoms with Crippen LogP contribution in [0.25, 0.3) is 0 Å². The maximum atomic E-state index is 15.5. The van der Waals surface area contributed by atoms with Crippen molar-refractivity contribution in [2.24, 2.45) is 0 Å². The summed E-state index contributed by atoms with van der Waals surface area (Å²) in [5.41, 5.74) is 2.56. The van der Waals surface area contributed by atoms with Gasteiger partial charge in [-0.1, -0.05) is 77.0 Å². The molecular formula is C82H91Cl6F3LiN9O24S6. The van der Waals surface area contributed by atoms with Gasteiger partial charge in [-0.2, -0.15) is 0 Å². The average Bonchev–Trinajstić information content (AvgIpc) is 1.72. The van der Waals surface area contributed by atoms with Crippen LogP contribution in [-0.4, -0.2) is 179 Å². The Morgan fingerprint density at radius 3 is 0.992 bits per heavy atom. The molecule has 708 valence electrons. The number of rotatable bonds is 33. The Hall–Kier alpha value is -9.33. The SMILES string of the molecule is C.CC(=O)N(CCCc1cc(Cl)ccc1Oc1cc(F)c(S(=O)(=O)N(C(=O)OC(C)(C)C)c2cscn2)cc1Cl)CC(=O)O.COC(=O)CN(CCCc1cc(Cl)ccc1Oc1cc(F)c(S(=O)(=O)N(C(=O)OC(C)(C)C)c2cscn2)cc1Cl)C(C)=O.COC(=O)CNCCCc1cc(Cl)ccc1Oc1cc(F)c(S(=O)(=O)N(C(=O)OC(C)(C)C)c2cscn2)cc1Cl.[Li+].[OH-]. The Bertz CT molecular complexity index is 5870. The van der Waals surface area contributed by atoms with Gasteiger partial charge in [-0.05, 0) is 197 Å². The van der Waals surface area contributed by atoms with Crippen molar-refractivity contribution in [3.8, 4) is 34.5 Å². The number of anilines is 3. The second kappa shape index (κ2) is 50.1. The normalized spacial score (nSPS) is 11.3. The van der Waals surface area contributed by atoms with Crippen LogP contribution in [0.1, 0.15) is 120 Å². The van der Waals surface area contributed by atoms with Crippen LogP contribution in [-0.2, 0) is 97.0 Å². The van der Waals surface area contributed by atoms with Crippen molar-refractivity contribution in [1.29, 1.82) is 0 Å². The maximum Gasteiger partial charge on any atom is 1.00 e. The number of amides is 5. The Balaban J connectivity index is 0.000000407. The van der Waals surface area contributed by atoms with Crippen molar-refractivity contribution in [1.82, 2.24) is 30.1 Å². The monoisotopic (exact) mass is 2050 g/mol. The molecule has 6 aromatic carbocycles. The zero-order chi connectivity index (χ0) is 95.3. The number of benzene rings is 6. The zero-order valence-corrected chi connectivity index (χ0v) is 81.3. The van der Waals surface area contributed by atoms with E-state index in [1.807, 2.05) is 0 Å². The van der Waals surface area contributed by atoms with Gasteiger partial charge < -0.3 is 63.6 Å². The number of thiazole rings is 3. The van der Waals surface area contributed by atoms with Crippen LogP contribution in [0.5, 0.6) is 34.5 Å². The van der Waals surface area contributed by atoms with Crippen molar-refractivity contribution in [2.45, 2.75) is 154 Å². The first-order valence-corrected chi connectivity index (χ1v) is 47.1. The van der Waals surface area contributed by atoms with Gasteiger partial charge in [-0.3, -0.25) is 24.0 Å². The molecule has 0 aliphatic heterocycles. The van der Waals surface area contributed by atoms with Gasteiger partial charge in [0.15, 0.2) is 17.5 Å². The van der Waals surface area contributed by atoms with Crippen molar-refractivity contribution in [3.05, 3.63) is 188 Å². The third kappa shape index (κ3) is 33.4. The number of nitrogens with zero attached hydrogens (tertiary/aromatic N) is 8. The molecular weight excluding hydrogens is 1960 g/mol. The summed E-state index contributed by atoms with van der Waals surface area (Å²) in [6.07, 6.45) is -1.35. The first-order chi connectivity index (χ1) is 59.7. The Morgan fingerprint density at radius 1 is 0.443 bits per heavy atom. The Labute approximate surface area is 809 Å². The number of aryl methyl sites for hydroxylation is 3. The summed E-state index contributed by atoms with van der Waals surface area (Å²) in [7, 11) is -12.1. The molecule has 9 aromatic rings. The molecule has 3 aromatic heterocycles. The number of carbonyl (C=O) groups excluding carboxylic acids is 7. The molecule has 0 bridgehead atoms. The minimum atomic E-state index is -4.89. The van der Waals surface area contributed by atoms with Crippen molar-refractivity contribution >= 4 is 199 Å². The number of sulfonamides is 3. The van der Waals surface area contributed by atoms with E-state index in [0.717, 1.165) is 70.4 Å². The number of carboxylic acids is 1. The Kier molecular flexibility index (Phi) is 43.6. The summed E-state index contributed by atoms with van der Waals surface area (Å²) in [6, 6.07) is 19.0. The molecule has 0 atom stereocenters. The second-order valence-corrected chi connectivity index (χ2v) is 39.9. The van der Waals surface area contributed by atoms with Crippen molar-refractivity contribution < 1.29 is 144 Å². The van der Waals surface area contributed by atoms with Crippen LogP contribution < -0.4 is 51.3 Å². The summed E-state index contributed by atoms with van der Waals surface area (Å²) >= 11 is 40.7. The van der Waals surface area contributed by atoms with E-state index >= 15 is 13.2 Å². The molecule has 0 saturated carbocycles. The van der Waals surface area contributed by atoms with Gasteiger partial charge in [0.2, 0.25) is 11.8 Å². The number of nitrogens with one attached hydrogen (secondary N) is 1. The fourth-order valence-corrected chi connectivity index (χ4v) is 18.2. The molecule has 0 fully saturated rings. The first kappa shape index (κ1) is 114. The van der Waals surface area contributed by atoms with E-state index in [0.29, 0.717) is 82.6 Å². The number of hydrogen-bond donors (Lipinski definition) is 2. The zero-order valence-electron chi connectivity index (χ0n) is 71.9. The van der Waals surface area contributed by atoms with E-state index in [-0.39, 0.29) is 144 Å². The number of aliphatic carboxylic acids is 1. The van der Waals surface area contributed by atoms with Gasteiger partial charge in [0.25, 0.3) is 30.1 Å². The number of carboxylic acid groups (broad SMARTS) is 1. The van der Waals surface area contributed by atoms with Gasteiger partial charge in [-0.15, -0.1) is 46.9 Å². The number of carbonyl (C=O) groups is 8. The molecule has 49 heteroatoms. The van der Waals surface area contributed by atoms with E-state index in [1.54, 1.807) is 92.6 Å². The molecule has 0 unspecified atom stereocenters. The topological polar surface area (TPSA) is 430 Å². The van der Waals surface area contributed by atoms with Crippen LogP contribution in [0.2, 0.25) is 30.1 Å². The summed E-state index contributed by atoms with van der Waals surface area (Å²) in [6.45, 7) is 16.8. The van der Waals surface area contributed by atoms with Crippen LogP contribution in [0, 0.1) is 17.5 Å². The summed E-state index contributed by atoms with van der Waals surface area (Å²) in [5, 5.41) is 16.3. The van der Waals surface area contributed by atoms with Crippen LogP contribution >= 0.6 is 104 Å². The number of esters is 2. The van der Waals surface area contributed by atoms with Crippen molar-refractivity contribution in [2.75, 3.05) is 66.4 Å². The molecule has 0 spiro atoms. The van der Waals surface area contributed by atoms with E-state index in [1.165, 1.54) is 94.8 Å².